The van der Waals surface area contributed by atoms with Crippen molar-refractivity contribution in [2.45, 2.75) is 44.7 Å². The molecule has 0 bridgehead atoms. The first-order chi connectivity index (χ1) is 9.56. The van der Waals surface area contributed by atoms with Crippen molar-refractivity contribution in [1.29, 1.82) is 5.26 Å². The molecule has 1 aliphatic heterocycles. The first-order valence-corrected chi connectivity index (χ1v) is 7.24. The molecule has 0 spiro atoms. The first kappa shape index (κ1) is 14.8. The fourth-order valence-electron chi connectivity index (χ4n) is 2.76. The van der Waals surface area contributed by atoms with Crippen molar-refractivity contribution >= 4 is 5.69 Å². The summed E-state index contributed by atoms with van der Waals surface area (Å²) in [7, 11) is 0. The number of nitriles is 1. The van der Waals surface area contributed by atoms with Gasteiger partial charge in [-0.3, -0.25) is 0 Å². The van der Waals surface area contributed by atoms with Crippen LogP contribution < -0.4 is 5.32 Å². The van der Waals surface area contributed by atoms with Gasteiger partial charge in [0.2, 0.25) is 0 Å². The summed E-state index contributed by atoms with van der Waals surface area (Å²) in [6, 6.07) is 9.43. The van der Waals surface area contributed by atoms with Crippen molar-refractivity contribution in [2.75, 3.05) is 18.4 Å². The van der Waals surface area contributed by atoms with Crippen LogP contribution in [0.5, 0.6) is 0 Å². The predicted octanol–water partition coefficient (Wildman–Crippen LogP) is 3.39. The summed E-state index contributed by atoms with van der Waals surface area (Å²) in [5.41, 5.74) is -0.238. The number of hydrogen-bond acceptors (Lipinski definition) is 3. The van der Waals surface area contributed by atoms with E-state index in [4.69, 9.17) is 0 Å². The highest BCUT2D eigenvalue weighted by Gasteiger charge is 2.33. The Kier molecular flexibility index (Phi) is 4.61. The molecule has 1 saturated heterocycles. The summed E-state index contributed by atoms with van der Waals surface area (Å²) < 4.78 is 13.8. The van der Waals surface area contributed by atoms with Crippen molar-refractivity contribution in [3.63, 3.8) is 0 Å². The number of benzene rings is 1. The van der Waals surface area contributed by atoms with Gasteiger partial charge in [0.1, 0.15) is 11.4 Å². The highest BCUT2D eigenvalue weighted by atomic mass is 19.1. The van der Waals surface area contributed by atoms with Crippen LogP contribution in [0.25, 0.3) is 0 Å². The van der Waals surface area contributed by atoms with Crippen LogP contribution in [-0.4, -0.2) is 29.6 Å². The monoisotopic (exact) mass is 275 g/mol. The molecule has 0 aliphatic carbocycles. The molecule has 4 heteroatoms. The summed E-state index contributed by atoms with van der Waals surface area (Å²) in [5, 5.41) is 12.7. The van der Waals surface area contributed by atoms with Gasteiger partial charge in [-0.15, -0.1) is 0 Å². The Hall–Kier alpha value is -1.60. The molecule has 1 aromatic rings. The summed E-state index contributed by atoms with van der Waals surface area (Å²) in [4.78, 5) is 2.38. The molecule has 1 unspecified atom stereocenters. The number of nitrogens with zero attached hydrogens (tertiary/aromatic N) is 2. The molecular formula is C16H22FN3. The maximum absolute atomic E-state index is 13.8. The van der Waals surface area contributed by atoms with Gasteiger partial charge in [0.25, 0.3) is 0 Å². The van der Waals surface area contributed by atoms with Gasteiger partial charge in [-0.1, -0.05) is 12.1 Å². The largest absolute Gasteiger partial charge is 0.365 e. The normalized spacial score (nSPS) is 24.1. The fraction of sp³-hybridized carbons (Fsp3) is 0.562. The molecule has 1 aliphatic rings. The summed E-state index contributed by atoms with van der Waals surface area (Å²) in [5.74, 6) is -0.299. The van der Waals surface area contributed by atoms with Crippen molar-refractivity contribution in [1.82, 2.24) is 4.90 Å². The molecule has 0 saturated carbocycles. The predicted molar refractivity (Wildman–Crippen MR) is 78.9 cm³/mol. The summed E-state index contributed by atoms with van der Waals surface area (Å²) in [6.45, 7) is 6.21. The van der Waals surface area contributed by atoms with Gasteiger partial charge in [0.05, 0.1) is 11.8 Å². The third kappa shape index (κ3) is 3.29. The number of para-hydroxylation sites is 1. The average Bonchev–Trinajstić information content (AvgIpc) is 2.65. The van der Waals surface area contributed by atoms with Crippen LogP contribution in [0.15, 0.2) is 24.3 Å². The number of hydrogen-bond donors (Lipinski definition) is 1. The lowest BCUT2D eigenvalue weighted by Crippen LogP contribution is -2.39. The molecule has 0 radical (unpaired) electrons. The molecule has 2 rings (SSSR count). The van der Waals surface area contributed by atoms with E-state index < -0.39 is 5.54 Å². The molecule has 108 valence electrons. The topological polar surface area (TPSA) is 39.1 Å². The van der Waals surface area contributed by atoms with E-state index in [1.54, 1.807) is 18.2 Å². The third-order valence-corrected chi connectivity index (χ3v) is 4.07. The fourth-order valence-corrected chi connectivity index (χ4v) is 2.76. The van der Waals surface area contributed by atoms with Gasteiger partial charge in [-0.25, -0.2) is 4.39 Å². The zero-order chi connectivity index (χ0) is 14.6. The van der Waals surface area contributed by atoms with Crippen LogP contribution in [0.4, 0.5) is 10.1 Å². The highest BCUT2D eigenvalue weighted by Crippen LogP contribution is 2.28. The lowest BCUT2D eigenvalue weighted by atomic mass is 9.92. The maximum Gasteiger partial charge on any atom is 0.146 e. The van der Waals surface area contributed by atoms with Gasteiger partial charge in [-0.05, 0) is 51.8 Å². The van der Waals surface area contributed by atoms with E-state index in [1.165, 1.54) is 6.07 Å². The second-order valence-electron chi connectivity index (χ2n) is 5.78. The van der Waals surface area contributed by atoms with Crippen LogP contribution in [0.3, 0.4) is 0 Å². The van der Waals surface area contributed by atoms with Crippen molar-refractivity contribution < 1.29 is 4.39 Å². The van der Waals surface area contributed by atoms with Crippen molar-refractivity contribution in [3.8, 4) is 6.07 Å². The Morgan fingerprint density at radius 1 is 1.30 bits per heavy atom. The minimum Gasteiger partial charge on any atom is -0.365 e. The molecule has 0 aromatic heterocycles. The van der Waals surface area contributed by atoms with E-state index in [0.29, 0.717) is 11.7 Å². The third-order valence-electron chi connectivity index (χ3n) is 4.07. The molecule has 1 aromatic carbocycles. The minimum atomic E-state index is -0.661. The van der Waals surface area contributed by atoms with E-state index in [2.05, 4.69) is 30.1 Å². The van der Waals surface area contributed by atoms with Crippen molar-refractivity contribution in [2.24, 2.45) is 0 Å². The minimum absolute atomic E-state index is 0.299. The zero-order valence-corrected chi connectivity index (χ0v) is 12.2. The van der Waals surface area contributed by atoms with Crippen LogP contribution in [0, 0.1) is 17.1 Å². The quantitative estimate of drug-likeness (QED) is 0.919. The van der Waals surface area contributed by atoms with Crippen LogP contribution >= 0.6 is 0 Å². The van der Waals surface area contributed by atoms with E-state index in [1.807, 2.05) is 0 Å². The molecule has 1 atom stereocenters. The second kappa shape index (κ2) is 6.23. The summed E-state index contributed by atoms with van der Waals surface area (Å²) in [6.07, 6.45) is 2.42. The molecule has 1 N–H and O–H groups in total. The first-order valence-electron chi connectivity index (χ1n) is 7.24. The van der Waals surface area contributed by atoms with Crippen LogP contribution in [0.2, 0.25) is 0 Å². The van der Waals surface area contributed by atoms with Crippen LogP contribution in [0.1, 0.15) is 33.1 Å². The van der Waals surface area contributed by atoms with E-state index in [0.717, 1.165) is 32.4 Å². The van der Waals surface area contributed by atoms with Gasteiger partial charge in [0, 0.05) is 12.6 Å². The average molecular weight is 275 g/mol. The molecular weight excluding hydrogens is 253 g/mol. The zero-order valence-electron chi connectivity index (χ0n) is 12.2. The Bertz CT molecular complexity index is 495. The Balaban J connectivity index is 2.14. The van der Waals surface area contributed by atoms with E-state index in [-0.39, 0.29) is 5.82 Å². The standard InChI is InChI=1S/C16H22FN3/c1-13(2)20-10-5-8-16(12-18,9-11-20)19-15-7-4-3-6-14(15)17/h3-4,6-7,13,19H,5,8-11H2,1-2H3. The number of halogens is 1. The maximum atomic E-state index is 13.8. The highest BCUT2D eigenvalue weighted by molar-refractivity contribution is 5.49. The van der Waals surface area contributed by atoms with E-state index in [9.17, 15) is 9.65 Å². The van der Waals surface area contributed by atoms with Gasteiger partial charge >= 0.3 is 0 Å². The SMILES string of the molecule is CC(C)N1CCCC(C#N)(Nc2ccccc2F)CC1. The smallest absolute Gasteiger partial charge is 0.146 e. The molecule has 1 heterocycles. The summed E-state index contributed by atoms with van der Waals surface area (Å²) >= 11 is 0. The van der Waals surface area contributed by atoms with Crippen LogP contribution in [-0.2, 0) is 0 Å². The molecule has 20 heavy (non-hydrogen) atoms. The lowest BCUT2D eigenvalue weighted by Gasteiger charge is -2.29. The number of rotatable bonds is 3. The molecule has 0 amide bonds. The Morgan fingerprint density at radius 2 is 2.05 bits per heavy atom. The number of likely N-dealkylation sites (tertiary alicyclic amines) is 1. The lowest BCUT2D eigenvalue weighted by molar-refractivity contribution is 0.229. The Labute approximate surface area is 120 Å². The Morgan fingerprint density at radius 3 is 2.70 bits per heavy atom. The second-order valence-corrected chi connectivity index (χ2v) is 5.78. The van der Waals surface area contributed by atoms with Gasteiger partial charge < -0.3 is 10.2 Å². The van der Waals surface area contributed by atoms with E-state index >= 15 is 0 Å². The number of anilines is 1. The van der Waals surface area contributed by atoms with Crippen molar-refractivity contribution in [3.05, 3.63) is 30.1 Å². The number of nitrogens with one attached hydrogen (secondary N) is 1. The van der Waals surface area contributed by atoms with Gasteiger partial charge in [0.15, 0.2) is 0 Å². The molecule has 3 nitrogen and oxygen atoms in total. The molecule has 1 fully saturated rings. The van der Waals surface area contributed by atoms with Gasteiger partial charge in [-0.2, -0.15) is 5.26 Å².